The van der Waals surface area contributed by atoms with E-state index in [1.807, 2.05) is 0 Å². The Kier molecular flexibility index (Phi) is 5.96. The molecule has 1 aliphatic rings. The molecular formula is C19H38. The molecule has 0 saturated heterocycles. The van der Waals surface area contributed by atoms with E-state index in [0.717, 1.165) is 35.5 Å². The van der Waals surface area contributed by atoms with Gasteiger partial charge in [0, 0.05) is 0 Å². The van der Waals surface area contributed by atoms with Gasteiger partial charge in [0.15, 0.2) is 0 Å². The molecule has 0 radical (unpaired) electrons. The van der Waals surface area contributed by atoms with E-state index in [1.165, 1.54) is 25.7 Å². The van der Waals surface area contributed by atoms with E-state index >= 15 is 0 Å². The largest absolute Gasteiger partial charge is 0.0651 e. The van der Waals surface area contributed by atoms with Crippen molar-refractivity contribution in [3.63, 3.8) is 0 Å². The highest BCUT2D eigenvalue weighted by molar-refractivity contribution is 5.06. The van der Waals surface area contributed by atoms with Crippen LogP contribution in [0.2, 0.25) is 0 Å². The molecule has 7 unspecified atom stereocenters. The van der Waals surface area contributed by atoms with Crippen LogP contribution in [0.25, 0.3) is 0 Å². The predicted molar refractivity (Wildman–Crippen MR) is 87.2 cm³/mol. The Morgan fingerprint density at radius 2 is 1.53 bits per heavy atom. The highest BCUT2D eigenvalue weighted by Crippen LogP contribution is 2.64. The van der Waals surface area contributed by atoms with Crippen LogP contribution in [-0.4, -0.2) is 0 Å². The summed E-state index contributed by atoms with van der Waals surface area (Å²) in [6, 6.07) is 0. The molecule has 0 nitrogen and oxygen atoms in total. The van der Waals surface area contributed by atoms with Crippen molar-refractivity contribution in [2.75, 3.05) is 0 Å². The number of hydrogen-bond acceptors (Lipinski definition) is 0. The van der Waals surface area contributed by atoms with Crippen LogP contribution in [0.3, 0.4) is 0 Å². The third kappa shape index (κ3) is 3.37. The quantitative estimate of drug-likeness (QED) is 0.476. The number of hydrogen-bond donors (Lipinski definition) is 0. The molecule has 0 aliphatic heterocycles. The van der Waals surface area contributed by atoms with Gasteiger partial charge in [-0.2, -0.15) is 0 Å². The van der Waals surface area contributed by atoms with Crippen LogP contribution in [-0.2, 0) is 0 Å². The molecule has 0 heterocycles. The zero-order valence-corrected chi connectivity index (χ0v) is 14.8. The van der Waals surface area contributed by atoms with Crippen molar-refractivity contribution in [1.29, 1.82) is 0 Å². The Balaban J connectivity index is 2.55. The summed E-state index contributed by atoms with van der Waals surface area (Å²) in [6.45, 7) is 19.6. The fraction of sp³-hybridized carbons (Fsp3) is 1.00. The van der Waals surface area contributed by atoms with Crippen molar-refractivity contribution in [2.45, 2.75) is 81.1 Å². The van der Waals surface area contributed by atoms with E-state index in [-0.39, 0.29) is 0 Å². The molecule has 19 heavy (non-hydrogen) atoms. The SMILES string of the molecule is CCC(C)C(CC)C(C)CC(C)C1C(C)C1(C)CC. The standard InChI is InChI=1S/C19H38/c1-9-13(4)17(10-2)14(5)12-15(6)18-16(7)19(18,8)11-3/h13-18H,9-12H2,1-8H3. The highest BCUT2D eigenvalue weighted by atomic mass is 14.6. The van der Waals surface area contributed by atoms with Crippen molar-refractivity contribution < 1.29 is 0 Å². The van der Waals surface area contributed by atoms with Gasteiger partial charge in [0.2, 0.25) is 0 Å². The van der Waals surface area contributed by atoms with Crippen LogP contribution in [0, 0.1) is 40.9 Å². The zero-order chi connectivity index (χ0) is 14.8. The Bertz CT molecular complexity index is 259. The van der Waals surface area contributed by atoms with Gasteiger partial charge in [-0.25, -0.2) is 0 Å². The maximum absolute atomic E-state index is 2.52. The topological polar surface area (TPSA) is 0 Å². The van der Waals surface area contributed by atoms with Crippen molar-refractivity contribution in [3.8, 4) is 0 Å². The maximum atomic E-state index is 2.52. The minimum absolute atomic E-state index is 0.650. The van der Waals surface area contributed by atoms with Gasteiger partial charge in [-0.1, -0.05) is 74.7 Å². The summed E-state index contributed by atoms with van der Waals surface area (Å²) in [4.78, 5) is 0. The molecule has 0 aromatic rings. The monoisotopic (exact) mass is 266 g/mol. The first-order valence-electron chi connectivity index (χ1n) is 8.83. The van der Waals surface area contributed by atoms with Gasteiger partial charge in [0.25, 0.3) is 0 Å². The Labute approximate surface area is 122 Å². The fourth-order valence-electron chi connectivity index (χ4n) is 5.12. The minimum atomic E-state index is 0.650. The van der Waals surface area contributed by atoms with Gasteiger partial charge in [-0.3, -0.25) is 0 Å². The summed E-state index contributed by atoms with van der Waals surface area (Å²) >= 11 is 0. The Morgan fingerprint density at radius 3 is 1.89 bits per heavy atom. The lowest BCUT2D eigenvalue weighted by Gasteiger charge is -2.30. The summed E-state index contributed by atoms with van der Waals surface area (Å²) < 4.78 is 0. The third-order valence-corrected chi connectivity index (χ3v) is 6.93. The second-order valence-corrected chi connectivity index (χ2v) is 7.82. The summed E-state index contributed by atoms with van der Waals surface area (Å²) in [5.74, 6) is 5.55. The molecule has 1 saturated carbocycles. The zero-order valence-electron chi connectivity index (χ0n) is 14.8. The molecule has 0 aromatic heterocycles. The molecule has 7 atom stereocenters. The van der Waals surface area contributed by atoms with Crippen LogP contribution >= 0.6 is 0 Å². The first-order chi connectivity index (χ1) is 8.83. The van der Waals surface area contributed by atoms with Crippen molar-refractivity contribution in [3.05, 3.63) is 0 Å². The molecule has 114 valence electrons. The van der Waals surface area contributed by atoms with E-state index in [9.17, 15) is 0 Å². The van der Waals surface area contributed by atoms with Gasteiger partial charge in [0.05, 0.1) is 0 Å². The Morgan fingerprint density at radius 1 is 0.947 bits per heavy atom. The van der Waals surface area contributed by atoms with E-state index in [4.69, 9.17) is 0 Å². The predicted octanol–water partition coefficient (Wildman–Crippen LogP) is 6.40. The van der Waals surface area contributed by atoms with Gasteiger partial charge in [-0.15, -0.1) is 0 Å². The highest BCUT2D eigenvalue weighted by Gasteiger charge is 2.58. The van der Waals surface area contributed by atoms with Crippen LogP contribution < -0.4 is 0 Å². The van der Waals surface area contributed by atoms with Gasteiger partial charge >= 0.3 is 0 Å². The molecular weight excluding hydrogens is 228 g/mol. The number of rotatable bonds is 8. The molecule has 0 heteroatoms. The van der Waals surface area contributed by atoms with Crippen molar-refractivity contribution in [2.24, 2.45) is 40.9 Å². The summed E-state index contributed by atoms with van der Waals surface area (Å²) in [7, 11) is 0. The maximum Gasteiger partial charge on any atom is -0.0266 e. The van der Waals surface area contributed by atoms with Gasteiger partial charge in [0.1, 0.15) is 0 Å². The summed E-state index contributed by atoms with van der Waals surface area (Å²) in [5, 5.41) is 0. The van der Waals surface area contributed by atoms with Crippen LogP contribution in [0.1, 0.15) is 81.1 Å². The molecule has 0 aromatic carbocycles. The lowest BCUT2D eigenvalue weighted by atomic mass is 9.75. The first kappa shape index (κ1) is 17.1. The molecule has 0 spiro atoms. The van der Waals surface area contributed by atoms with Gasteiger partial charge < -0.3 is 0 Å². The van der Waals surface area contributed by atoms with Crippen LogP contribution in [0.15, 0.2) is 0 Å². The average molecular weight is 267 g/mol. The Hall–Kier alpha value is 0. The molecule has 0 bridgehead atoms. The minimum Gasteiger partial charge on any atom is -0.0651 e. The third-order valence-electron chi connectivity index (χ3n) is 6.93. The van der Waals surface area contributed by atoms with Gasteiger partial charge in [-0.05, 0) is 47.3 Å². The molecule has 1 aliphatic carbocycles. The second kappa shape index (κ2) is 6.64. The van der Waals surface area contributed by atoms with E-state index in [1.54, 1.807) is 0 Å². The molecule has 0 N–H and O–H groups in total. The molecule has 0 amide bonds. The van der Waals surface area contributed by atoms with E-state index in [0.29, 0.717) is 5.41 Å². The first-order valence-corrected chi connectivity index (χ1v) is 8.83. The summed E-state index contributed by atoms with van der Waals surface area (Å²) in [5.41, 5.74) is 0.650. The molecule has 1 rings (SSSR count). The van der Waals surface area contributed by atoms with E-state index in [2.05, 4.69) is 55.4 Å². The second-order valence-electron chi connectivity index (χ2n) is 7.82. The fourth-order valence-corrected chi connectivity index (χ4v) is 5.12. The van der Waals surface area contributed by atoms with Crippen molar-refractivity contribution >= 4 is 0 Å². The molecule has 1 fully saturated rings. The van der Waals surface area contributed by atoms with E-state index < -0.39 is 0 Å². The lowest BCUT2D eigenvalue weighted by molar-refractivity contribution is 0.196. The average Bonchev–Trinajstić information content (AvgIpc) is 2.93. The normalized spacial score (nSPS) is 36.6. The smallest absolute Gasteiger partial charge is 0.0266 e. The van der Waals surface area contributed by atoms with Crippen molar-refractivity contribution in [1.82, 2.24) is 0 Å². The van der Waals surface area contributed by atoms with Crippen LogP contribution in [0.4, 0.5) is 0 Å². The van der Waals surface area contributed by atoms with Crippen LogP contribution in [0.5, 0.6) is 0 Å². The summed E-state index contributed by atoms with van der Waals surface area (Å²) in [6.07, 6.45) is 5.49. The lowest BCUT2D eigenvalue weighted by Crippen LogP contribution is -2.21.